The van der Waals surface area contributed by atoms with E-state index in [0.717, 1.165) is 25.0 Å². The van der Waals surface area contributed by atoms with Crippen molar-refractivity contribution >= 4 is 11.5 Å². The van der Waals surface area contributed by atoms with Crippen LogP contribution in [0.25, 0.3) is 5.65 Å². The average molecular weight is 265 g/mol. The Morgan fingerprint density at radius 2 is 2.37 bits per heavy atom. The van der Waals surface area contributed by atoms with Crippen molar-refractivity contribution in [3.63, 3.8) is 0 Å². The Labute approximate surface area is 110 Å². The minimum atomic E-state index is -0.494. The predicted molar refractivity (Wildman–Crippen MR) is 72.4 cm³/mol. The summed E-state index contributed by atoms with van der Waals surface area (Å²) in [7, 11) is 0. The van der Waals surface area contributed by atoms with Crippen LogP contribution in [0, 0.1) is 0 Å². The SMILES string of the molecule is CCCCc1cn2c(=O)[nH]nc2c(NCC(C)O)n1. The monoisotopic (exact) mass is 265 g/mol. The number of hydrogen-bond acceptors (Lipinski definition) is 5. The highest BCUT2D eigenvalue weighted by Gasteiger charge is 2.10. The van der Waals surface area contributed by atoms with E-state index in [0.29, 0.717) is 18.0 Å². The van der Waals surface area contributed by atoms with Gasteiger partial charge in [-0.1, -0.05) is 13.3 Å². The highest BCUT2D eigenvalue weighted by molar-refractivity contribution is 5.62. The number of nitrogens with one attached hydrogen (secondary N) is 2. The van der Waals surface area contributed by atoms with E-state index in [9.17, 15) is 9.90 Å². The van der Waals surface area contributed by atoms with Gasteiger partial charge in [0.1, 0.15) is 0 Å². The molecule has 0 spiro atoms. The van der Waals surface area contributed by atoms with Gasteiger partial charge in [0, 0.05) is 12.7 Å². The van der Waals surface area contributed by atoms with Crippen molar-refractivity contribution < 1.29 is 5.11 Å². The quantitative estimate of drug-likeness (QED) is 0.709. The van der Waals surface area contributed by atoms with Crippen LogP contribution >= 0.6 is 0 Å². The molecule has 0 saturated carbocycles. The van der Waals surface area contributed by atoms with Crippen molar-refractivity contribution in [2.24, 2.45) is 0 Å². The normalized spacial score (nSPS) is 12.8. The number of unbranched alkanes of at least 4 members (excludes halogenated alkanes) is 1. The zero-order chi connectivity index (χ0) is 13.8. The molecule has 7 nitrogen and oxygen atoms in total. The maximum absolute atomic E-state index is 11.6. The van der Waals surface area contributed by atoms with Gasteiger partial charge in [-0.25, -0.2) is 19.3 Å². The van der Waals surface area contributed by atoms with E-state index >= 15 is 0 Å². The van der Waals surface area contributed by atoms with Gasteiger partial charge in [-0.2, -0.15) is 0 Å². The van der Waals surface area contributed by atoms with Gasteiger partial charge in [-0.3, -0.25) is 0 Å². The van der Waals surface area contributed by atoms with E-state index in [4.69, 9.17) is 0 Å². The summed E-state index contributed by atoms with van der Waals surface area (Å²) < 4.78 is 1.45. The van der Waals surface area contributed by atoms with Gasteiger partial charge < -0.3 is 10.4 Å². The smallest absolute Gasteiger partial charge is 0.347 e. The largest absolute Gasteiger partial charge is 0.392 e. The first-order valence-corrected chi connectivity index (χ1v) is 6.50. The molecule has 0 radical (unpaired) electrons. The molecule has 0 aliphatic rings. The van der Waals surface area contributed by atoms with Crippen LogP contribution < -0.4 is 11.0 Å². The molecule has 1 atom stereocenters. The number of nitrogens with zero attached hydrogens (tertiary/aromatic N) is 3. The third-order valence-electron chi connectivity index (χ3n) is 2.80. The lowest BCUT2D eigenvalue weighted by atomic mass is 10.2. The van der Waals surface area contributed by atoms with Crippen molar-refractivity contribution in [1.29, 1.82) is 0 Å². The Kier molecular flexibility index (Phi) is 4.16. The number of aliphatic hydroxyl groups excluding tert-OH is 1. The molecule has 2 aromatic heterocycles. The molecule has 1 unspecified atom stereocenters. The van der Waals surface area contributed by atoms with Crippen LogP contribution in [-0.2, 0) is 6.42 Å². The topological polar surface area (TPSA) is 95.3 Å². The van der Waals surface area contributed by atoms with Crippen molar-refractivity contribution in [3.05, 3.63) is 22.4 Å². The van der Waals surface area contributed by atoms with E-state index in [2.05, 4.69) is 27.4 Å². The highest BCUT2D eigenvalue weighted by Crippen LogP contribution is 2.12. The molecule has 3 N–H and O–H groups in total. The fourth-order valence-corrected chi connectivity index (χ4v) is 1.80. The van der Waals surface area contributed by atoms with E-state index in [-0.39, 0.29) is 5.69 Å². The minimum Gasteiger partial charge on any atom is -0.392 e. The maximum atomic E-state index is 11.6. The molecule has 0 fully saturated rings. The summed E-state index contributed by atoms with van der Waals surface area (Å²) in [6.07, 6.45) is 4.11. The van der Waals surface area contributed by atoms with Gasteiger partial charge in [-0.15, -0.1) is 5.10 Å². The first kappa shape index (κ1) is 13.5. The van der Waals surface area contributed by atoms with Gasteiger partial charge in [0.2, 0.25) is 5.65 Å². The fraction of sp³-hybridized carbons (Fsp3) is 0.583. The summed E-state index contributed by atoms with van der Waals surface area (Å²) in [5, 5.41) is 18.7. The Hall–Kier alpha value is -1.89. The minimum absolute atomic E-state index is 0.282. The highest BCUT2D eigenvalue weighted by atomic mass is 16.3. The molecule has 0 amide bonds. The fourth-order valence-electron chi connectivity index (χ4n) is 1.80. The second-order valence-corrected chi connectivity index (χ2v) is 4.64. The summed E-state index contributed by atoms with van der Waals surface area (Å²) >= 11 is 0. The summed E-state index contributed by atoms with van der Waals surface area (Å²) in [5.41, 5.74) is 1.01. The molecule has 0 aliphatic carbocycles. The summed E-state index contributed by atoms with van der Waals surface area (Å²) in [4.78, 5) is 16.1. The van der Waals surface area contributed by atoms with Gasteiger partial charge >= 0.3 is 5.69 Å². The molecule has 19 heavy (non-hydrogen) atoms. The Balaban J connectivity index is 2.37. The molecular weight excluding hydrogens is 246 g/mol. The average Bonchev–Trinajstić information content (AvgIpc) is 2.75. The van der Waals surface area contributed by atoms with Crippen molar-refractivity contribution in [3.8, 4) is 0 Å². The van der Waals surface area contributed by atoms with Gasteiger partial charge in [0.15, 0.2) is 5.82 Å². The van der Waals surface area contributed by atoms with E-state index in [1.165, 1.54) is 4.40 Å². The van der Waals surface area contributed by atoms with E-state index < -0.39 is 6.10 Å². The molecule has 2 rings (SSSR count). The Bertz CT molecular complexity index is 602. The second-order valence-electron chi connectivity index (χ2n) is 4.64. The molecule has 0 aromatic carbocycles. The van der Waals surface area contributed by atoms with E-state index in [1.54, 1.807) is 13.1 Å². The number of aliphatic hydroxyl groups is 1. The standard InChI is InChI=1S/C12H19N5O2/c1-3-4-5-9-7-17-11(15-16-12(17)19)10(14-9)13-6-8(2)18/h7-8,18H,3-6H2,1-2H3,(H,13,14)(H,16,19). The van der Waals surface area contributed by atoms with Crippen molar-refractivity contribution in [2.45, 2.75) is 39.2 Å². The van der Waals surface area contributed by atoms with Crippen LogP contribution in [0.2, 0.25) is 0 Å². The maximum Gasteiger partial charge on any atom is 0.347 e. The number of aromatic nitrogens is 4. The first-order valence-electron chi connectivity index (χ1n) is 6.50. The van der Waals surface area contributed by atoms with Crippen LogP contribution in [0.5, 0.6) is 0 Å². The number of aromatic amines is 1. The van der Waals surface area contributed by atoms with Crippen molar-refractivity contribution in [2.75, 3.05) is 11.9 Å². The zero-order valence-corrected chi connectivity index (χ0v) is 11.2. The van der Waals surface area contributed by atoms with Crippen LogP contribution in [0.15, 0.2) is 11.0 Å². The first-order chi connectivity index (χ1) is 9.11. The third-order valence-corrected chi connectivity index (χ3v) is 2.80. The van der Waals surface area contributed by atoms with Gasteiger partial charge in [0.05, 0.1) is 11.8 Å². The number of hydrogen-bond donors (Lipinski definition) is 3. The molecule has 2 heterocycles. The van der Waals surface area contributed by atoms with Gasteiger partial charge in [0.25, 0.3) is 0 Å². The summed E-state index contributed by atoms with van der Waals surface area (Å²) in [5.74, 6) is 0.521. The number of aryl methyl sites for hydroxylation is 1. The molecular formula is C12H19N5O2. The molecule has 104 valence electrons. The van der Waals surface area contributed by atoms with Gasteiger partial charge in [-0.05, 0) is 19.8 Å². The van der Waals surface area contributed by atoms with Crippen LogP contribution in [0.4, 0.5) is 5.82 Å². The lowest BCUT2D eigenvalue weighted by Gasteiger charge is -2.10. The predicted octanol–water partition coefficient (Wildman–Crippen LogP) is 0.553. The molecule has 0 bridgehead atoms. The van der Waals surface area contributed by atoms with Crippen LogP contribution in [0.3, 0.4) is 0 Å². The third kappa shape index (κ3) is 3.11. The lowest BCUT2D eigenvalue weighted by molar-refractivity contribution is 0.208. The van der Waals surface area contributed by atoms with Crippen LogP contribution in [0.1, 0.15) is 32.4 Å². The molecule has 7 heteroatoms. The molecule has 0 saturated heterocycles. The number of fused-ring (bicyclic) bond motifs is 1. The van der Waals surface area contributed by atoms with Crippen LogP contribution in [-0.4, -0.2) is 37.3 Å². The van der Waals surface area contributed by atoms with E-state index in [1.807, 2.05) is 0 Å². The molecule has 2 aromatic rings. The lowest BCUT2D eigenvalue weighted by Crippen LogP contribution is -2.18. The zero-order valence-electron chi connectivity index (χ0n) is 11.2. The Morgan fingerprint density at radius 3 is 3.05 bits per heavy atom. The summed E-state index contributed by atoms with van der Waals surface area (Å²) in [6.45, 7) is 4.15. The van der Waals surface area contributed by atoms with Crippen molar-refractivity contribution in [1.82, 2.24) is 19.6 Å². The Morgan fingerprint density at radius 1 is 1.58 bits per heavy atom. The number of H-pyrrole nitrogens is 1. The second kappa shape index (κ2) is 5.83. The molecule has 0 aliphatic heterocycles. The summed E-state index contributed by atoms with van der Waals surface area (Å²) in [6, 6.07) is 0. The number of rotatable bonds is 6. The number of anilines is 1.